The van der Waals surface area contributed by atoms with Crippen LogP contribution >= 0.6 is 15.9 Å². The van der Waals surface area contributed by atoms with Crippen molar-refractivity contribution < 1.29 is 19.1 Å². The second-order valence-electron chi connectivity index (χ2n) is 4.56. The molecule has 0 heterocycles. The number of para-hydroxylation sites is 1. The third kappa shape index (κ3) is 5.10. The van der Waals surface area contributed by atoms with E-state index in [1.165, 1.54) is 0 Å². The van der Waals surface area contributed by atoms with Crippen molar-refractivity contribution in [1.82, 2.24) is 0 Å². The summed E-state index contributed by atoms with van der Waals surface area (Å²) in [6, 6.07) is 13.8. The lowest BCUT2D eigenvalue weighted by Gasteiger charge is -2.11. The van der Waals surface area contributed by atoms with E-state index in [4.69, 9.17) is 9.47 Å². The van der Waals surface area contributed by atoms with Crippen LogP contribution in [-0.2, 0) is 9.53 Å². The number of ether oxygens (including phenoxy) is 2. The Morgan fingerprint density at radius 2 is 1.78 bits per heavy atom. The van der Waals surface area contributed by atoms with Crippen molar-refractivity contribution in [2.45, 2.75) is 6.92 Å². The molecule has 5 nitrogen and oxygen atoms in total. The SMILES string of the molecule is CCOC(=O)c1ccccc1NC(=O)COc1ccc(Br)cc1. The van der Waals surface area contributed by atoms with Gasteiger partial charge in [0.1, 0.15) is 5.75 Å². The fourth-order valence-electron chi connectivity index (χ4n) is 1.84. The summed E-state index contributed by atoms with van der Waals surface area (Å²) in [5, 5.41) is 2.66. The minimum absolute atomic E-state index is 0.154. The molecule has 120 valence electrons. The van der Waals surface area contributed by atoms with E-state index in [0.717, 1.165) is 4.47 Å². The Labute approximate surface area is 142 Å². The summed E-state index contributed by atoms with van der Waals surface area (Å²) in [5.74, 6) is -0.246. The molecule has 2 rings (SSSR count). The highest BCUT2D eigenvalue weighted by atomic mass is 79.9. The standard InChI is InChI=1S/C17H16BrNO4/c1-2-22-17(21)14-5-3-4-6-15(14)19-16(20)11-23-13-9-7-12(18)8-10-13/h3-10H,2,11H2,1H3,(H,19,20). The molecule has 2 aromatic carbocycles. The van der Waals surface area contributed by atoms with E-state index in [-0.39, 0.29) is 19.1 Å². The summed E-state index contributed by atoms with van der Waals surface area (Å²) in [7, 11) is 0. The van der Waals surface area contributed by atoms with Gasteiger partial charge in [-0.15, -0.1) is 0 Å². The number of rotatable bonds is 6. The van der Waals surface area contributed by atoms with Gasteiger partial charge >= 0.3 is 5.97 Å². The lowest BCUT2D eigenvalue weighted by molar-refractivity contribution is -0.118. The van der Waals surface area contributed by atoms with Crippen molar-refractivity contribution in [1.29, 1.82) is 0 Å². The van der Waals surface area contributed by atoms with Crippen molar-refractivity contribution in [2.24, 2.45) is 0 Å². The van der Waals surface area contributed by atoms with Gasteiger partial charge in [-0.3, -0.25) is 4.79 Å². The van der Waals surface area contributed by atoms with Crippen molar-refractivity contribution in [3.8, 4) is 5.75 Å². The zero-order chi connectivity index (χ0) is 16.7. The Hall–Kier alpha value is -2.34. The number of hydrogen-bond donors (Lipinski definition) is 1. The summed E-state index contributed by atoms with van der Waals surface area (Å²) in [5.41, 5.74) is 0.710. The number of benzene rings is 2. The molecule has 0 aromatic heterocycles. The highest BCUT2D eigenvalue weighted by molar-refractivity contribution is 9.10. The molecule has 0 spiro atoms. The zero-order valence-corrected chi connectivity index (χ0v) is 14.1. The molecule has 6 heteroatoms. The van der Waals surface area contributed by atoms with E-state index in [0.29, 0.717) is 17.0 Å². The van der Waals surface area contributed by atoms with E-state index in [1.54, 1.807) is 43.3 Å². The zero-order valence-electron chi connectivity index (χ0n) is 12.5. The number of carbonyl (C=O) groups is 2. The molecule has 1 amide bonds. The van der Waals surface area contributed by atoms with Gasteiger partial charge in [-0.2, -0.15) is 0 Å². The number of carbonyl (C=O) groups excluding carboxylic acids is 2. The fourth-order valence-corrected chi connectivity index (χ4v) is 2.11. The first-order valence-electron chi connectivity index (χ1n) is 7.04. The number of nitrogens with one attached hydrogen (secondary N) is 1. The summed E-state index contributed by atoms with van der Waals surface area (Å²) in [6.45, 7) is 1.84. The van der Waals surface area contributed by atoms with E-state index in [2.05, 4.69) is 21.2 Å². The Balaban J connectivity index is 1.97. The van der Waals surface area contributed by atoms with Crippen molar-refractivity contribution >= 4 is 33.5 Å². The topological polar surface area (TPSA) is 64.6 Å². The van der Waals surface area contributed by atoms with Crippen LogP contribution in [0.4, 0.5) is 5.69 Å². The smallest absolute Gasteiger partial charge is 0.340 e. The summed E-state index contributed by atoms with van der Waals surface area (Å²) >= 11 is 3.33. The van der Waals surface area contributed by atoms with Crippen LogP contribution in [0.2, 0.25) is 0 Å². The van der Waals surface area contributed by atoms with Gasteiger partial charge in [0.05, 0.1) is 17.9 Å². The second-order valence-corrected chi connectivity index (χ2v) is 5.47. The lowest BCUT2D eigenvalue weighted by Crippen LogP contribution is -2.21. The quantitative estimate of drug-likeness (QED) is 0.780. The molecule has 0 aliphatic heterocycles. The third-order valence-electron chi connectivity index (χ3n) is 2.88. The molecular formula is C17H16BrNO4. The molecule has 2 aromatic rings. The normalized spacial score (nSPS) is 10.0. The third-order valence-corrected chi connectivity index (χ3v) is 3.41. The van der Waals surface area contributed by atoms with Gasteiger partial charge in [0.25, 0.3) is 5.91 Å². The lowest BCUT2D eigenvalue weighted by atomic mass is 10.2. The summed E-state index contributed by atoms with van der Waals surface area (Å²) < 4.78 is 11.3. The van der Waals surface area contributed by atoms with Gasteiger partial charge in [-0.25, -0.2) is 4.79 Å². The molecule has 0 saturated heterocycles. The number of amides is 1. The second kappa shape index (κ2) is 8.33. The van der Waals surface area contributed by atoms with E-state index in [1.807, 2.05) is 12.1 Å². The van der Waals surface area contributed by atoms with Crippen LogP contribution in [0.15, 0.2) is 53.0 Å². The maximum Gasteiger partial charge on any atom is 0.340 e. The summed E-state index contributed by atoms with van der Waals surface area (Å²) in [6.07, 6.45) is 0. The molecule has 0 atom stereocenters. The molecule has 0 radical (unpaired) electrons. The largest absolute Gasteiger partial charge is 0.484 e. The molecule has 0 aliphatic rings. The average Bonchev–Trinajstić information content (AvgIpc) is 2.55. The van der Waals surface area contributed by atoms with Crippen LogP contribution < -0.4 is 10.1 Å². The molecule has 23 heavy (non-hydrogen) atoms. The molecule has 0 aliphatic carbocycles. The van der Waals surface area contributed by atoms with Gasteiger partial charge in [0.15, 0.2) is 6.61 Å². The van der Waals surface area contributed by atoms with Gasteiger partial charge in [0.2, 0.25) is 0 Å². The predicted molar refractivity (Wildman–Crippen MR) is 90.7 cm³/mol. The van der Waals surface area contributed by atoms with E-state index >= 15 is 0 Å². The van der Waals surface area contributed by atoms with Crippen molar-refractivity contribution in [2.75, 3.05) is 18.5 Å². The minimum Gasteiger partial charge on any atom is -0.484 e. The van der Waals surface area contributed by atoms with Gasteiger partial charge < -0.3 is 14.8 Å². The maximum atomic E-state index is 12.0. The molecule has 0 unspecified atom stereocenters. The first-order chi connectivity index (χ1) is 11.1. The van der Waals surface area contributed by atoms with Gasteiger partial charge in [0, 0.05) is 4.47 Å². The van der Waals surface area contributed by atoms with Crippen LogP contribution in [0.1, 0.15) is 17.3 Å². The Kier molecular flexibility index (Phi) is 6.17. The molecule has 0 bridgehead atoms. The number of halogens is 1. The van der Waals surface area contributed by atoms with E-state index in [9.17, 15) is 9.59 Å². The van der Waals surface area contributed by atoms with E-state index < -0.39 is 5.97 Å². The van der Waals surface area contributed by atoms with Gasteiger partial charge in [-0.05, 0) is 43.3 Å². The maximum absolute atomic E-state index is 12.0. The fraction of sp³-hybridized carbons (Fsp3) is 0.176. The molecular weight excluding hydrogens is 362 g/mol. The molecule has 0 saturated carbocycles. The number of hydrogen-bond acceptors (Lipinski definition) is 4. The Morgan fingerprint density at radius 1 is 1.09 bits per heavy atom. The first-order valence-corrected chi connectivity index (χ1v) is 7.84. The highest BCUT2D eigenvalue weighted by Crippen LogP contribution is 2.18. The number of anilines is 1. The molecule has 0 fully saturated rings. The van der Waals surface area contributed by atoms with Crippen LogP contribution in [-0.4, -0.2) is 25.1 Å². The minimum atomic E-state index is -0.475. The van der Waals surface area contributed by atoms with Crippen LogP contribution in [0.25, 0.3) is 0 Å². The van der Waals surface area contributed by atoms with Crippen LogP contribution in [0, 0.1) is 0 Å². The Morgan fingerprint density at radius 3 is 2.48 bits per heavy atom. The van der Waals surface area contributed by atoms with Crippen molar-refractivity contribution in [3.63, 3.8) is 0 Å². The van der Waals surface area contributed by atoms with Crippen molar-refractivity contribution in [3.05, 3.63) is 58.6 Å². The van der Waals surface area contributed by atoms with Crippen LogP contribution in [0.3, 0.4) is 0 Å². The summed E-state index contributed by atoms with van der Waals surface area (Å²) in [4.78, 5) is 23.8. The monoisotopic (exact) mass is 377 g/mol. The Bertz CT molecular complexity index is 685. The number of esters is 1. The predicted octanol–water partition coefficient (Wildman–Crippen LogP) is 3.64. The highest BCUT2D eigenvalue weighted by Gasteiger charge is 2.14. The molecule has 1 N–H and O–H groups in total. The van der Waals surface area contributed by atoms with Gasteiger partial charge in [-0.1, -0.05) is 28.1 Å². The first kappa shape index (κ1) is 17.0. The van der Waals surface area contributed by atoms with Crippen LogP contribution in [0.5, 0.6) is 5.75 Å². The average molecular weight is 378 g/mol.